The monoisotopic (exact) mass is 184 g/mol. The van der Waals surface area contributed by atoms with Gasteiger partial charge in [-0.2, -0.15) is 0 Å². The Hall–Kier alpha value is -1.85. The molecule has 13 heavy (non-hydrogen) atoms. The molecule has 1 heterocycles. The van der Waals surface area contributed by atoms with Gasteiger partial charge in [-0.25, -0.2) is 9.78 Å². The number of ether oxygens (including phenoxy) is 1. The van der Waals surface area contributed by atoms with Crippen LogP contribution in [0.1, 0.15) is 10.5 Å². The number of carboxylic acids is 1. The molecule has 0 amide bonds. The Morgan fingerprint density at radius 3 is 2.77 bits per heavy atom. The third-order valence-electron chi connectivity index (χ3n) is 1.50. The summed E-state index contributed by atoms with van der Waals surface area (Å²) in [6.07, 6.45) is 1.13. The second-order valence-corrected chi connectivity index (χ2v) is 2.35. The highest BCUT2D eigenvalue weighted by atomic mass is 16.5. The molecular weight excluding hydrogens is 176 g/mol. The molecule has 6 nitrogen and oxygen atoms in total. The van der Waals surface area contributed by atoms with Gasteiger partial charge in [0.05, 0.1) is 13.4 Å². The largest absolute Gasteiger partial charge is 0.489 e. The summed E-state index contributed by atoms with van der Waals surface area (Å²) in [6.45, 7) is 0. The summed E-state index contributed by atoms with van der Waals surface area (Å²) in [4.78, 5) is 25.4. The maximum atomic E-state index is 11.3. The number of hydrogen-bond donors (Lipinski definition) is 1. The molecule has 0 bridgehead atoms. The van der Waals surface area contributed by atoms with E-state index in [0.29, 0.717) is 0 Å². The Morgan fingerprint density at radius 2 is 2.31 bits per heavy atom. The summed E-state index contributed by atoms with van der Waals surface area (Å²) in [5.41, 5.74) is -0.888. The van der Waals surface area contributed by atoms with Crippen LogP contribution in [0.3, 0.4) is 0 Å². The van der Waals surface area contributed by atoms with Crippen LogP contribution in [0.2, 0.25) is 0 Å². The van der Waals surface area contributed by atoms with Gasteiger partial charge in [-0.05, 0) is 0 Å². The summed E-state index contributed by atoms with van der Waals surface area (Å²) >= 11 is 0. The van der Waals surface area contributed by atoms with Crippen LogP contribution in [-0.2, 0) is 7.05 Å². The summed E-state index contributed by atoms with van der Waals surface area (Å²) in [6, 6.07) is 0. The van der Waals surface area contributed by atoms with Gasteiger partial charge in [0.2, 0.25) is 5.75 Å². The summed E-state index contributed by atoms with van der Waals surface area (Å²) < 4.78 is 5.79. The van der Waals surface area contributed by atoms with Gasteiger partial charge >= 0.3 is 5.97 Å². The Balaban J connectivity index is 3.48. The number of methoxy groups -OCH3 is 1. The van der Waals surface area contributed by atoms with Crippen molar-refractivity contribution in [1.29, 1.82) is 0 Å². The van der Waals surface area contributed by atoms with E-state index in [1.54, 1.807) is 0 Å². The molecule has 0 aliphatic carbocycles. The first kappa shape index (κ1) is 9.24. The molecule has 0 fully saturated rings. The fourth-order valence-corrected chi connectivity index (χ4v) is 0.853. The number of carbonyl (C=O) groups is 1. The predicted molar refractivity (Wildman–Crippen MR) is 43.0 cm³/mol. The first-order valence-corrected chi connectivity index (χ1v) is 3.41. The average molecular weight is 184 g/mol. The Labute approximate surface area is 73.4 Å². The highest BCUT2D eigenvalue weighted by Crippen LogP contribution is 2.07. The van der Waals surface area contributed by atoms with Crippen molar-refractivity contribution >= 4 is 5.97 Å². The lowest BCUT2D eigenvalue weighted by atomic mass is 10.4. The smallest absolute Gasteiger partial charge is 0.358 e. The highest BCUT2D eigenvalue weighted by molar-refractivity contribution is 5.88. The van der Waals surface area contributed by atoms with E-state index in [4.69, 9.17) is 5.11 Å². The standard InChI is InChI=1S/C7H8N2O4/c1-9-3-8-4(7(11)12)5(13-2)6(9)10/h3H,1-2H3,(H,11,12). The van der Waals surface area contributed by atoms with E-state index >= 15 is 0 Å². The Bertz CT molecular complexity index is 396. The van der Waals surface area contributed by atoms with Crippen molar-refractivity contribution in [2.75, 3.05) is 7.11 Å². The van der Waals surface area contributed by atoms with Gasteiger partial charge in [0.25, 0.3) is 5.56 Å². The second-order valence-electron chi connectivity index (χ2n) is 2.35. The molecule has 0 aliphatic rings. The van der Waals surface area contributed by atoms with Gasteiger partial charge in [0, 0.05) is 7.05 Å². The van der Waals surface area contributed by atoms with Crippen molar-refractivity contribution in [3.05, 3.63) is 22.4 Å². The van der Waals surface area contributed by atoms with Gasteiger partial charge in [-0.3, -0.25) is 9.36 Å². The van der Waals surface area contributed by atoms with E-state index in [0.717, 1.165) is 10.9 Å². The molecular formula is C7H8N2O4. The molecule has 1 aromatic rings. The number of aromatic carboxylic acids is 1. The van der Waals surface area contributed by atoms with E-state index in [2.05, 4.69) is 9.72 Å². The lowest BCUT2D eigenvalue weighted by Crippen LogP contribution is -2.22. The molecule has 0 radical (unpaired) electrons. The first-order valence-electron chi connectivity index (χ1n) is 3.41. The van der Waals surface area contributed by atoms with Gasteiger partial charge in [0.15, 0.2) is 5.69 Å². The van der Waals surface area contributed by atoms with Crippen molar-refractivity contribution in [3.63, 3.8) is 0 Å². The van der Waals surface area contributed by atoms with Crippen LogP contribution in [0.25, 0.3) is 0 Å². The van der Waals surface area contributed by atoms with Gasteiger partial charge in [-0.1, -0.05) is 0 Å². The molecule has 0 saturated heterocycles. The maximum Gasteiger partial charge on any atom is 0.358 e. The van der Waals surface area contributed by atoms with Crippen molar-refractivity contribution in [2.24, 2.45) is 7.05 Å². The van der Waals surface area contributed by atoms with Crippen LogP contribution in [0.15, 0.2) is 11.1 Å². The van der Waals surface area contributed by atoms with E-state index in [-0.39, 0.29) is 11.4 Å². The molecule has 0 aromatic carbocycles. The quantitative estimate of drug-likeness (QED) is 0.669. The number of hydrogen-bond acceptors (Lipinski definition) is 4. The fraction of sp³-hybridized carbons (Fsp3) is 0.286. The van der Waals surface area contributed by atoms with Crippen LogP contribution in [0.4, 0.5) is 0 Å². The number of rotatable bonds is 2. The molecule has 0 atom stereocenters. The summed E-state index contributed by atoms with van der Waals surface area (Å²) in [5, 5.41) is 8.62. The fourth-order valence-electron chi connectivity index (χ4n) is 0.853. The molecule has 1 aromatic heterocycles. The SMILES string of the molecule is COc1c(C(=O)O)ncn(C)c1=O. The zero-order valence-electron chi connectivity index (χ0n) is 7.14. The Morgan fingerprint density at radius 1 is 1.69 bits per heavy atom. The third kappa shape index (κ3) is 1.51. The van der Waals surface area contributed by atoms with Crippen molar-refractivity contribution in [1.82, 2.24) is 9.55 Å². The molecule has 0 unspecified atom stereocenters. The number of aryl methyl sites for hydroxylation is 1. The van der Waals surface area contributed by atoms with E-state index in [1.165, 1.54) is 14.2 Å². The topological polar surface area (TPSA) is 81.4 Å². The molecule has 70 valence electrons. The van der Waals surface area contributed by atoms with Crippen molar-refractivity contribution in [2.45, 2.75) is 0 Å². The highest BCUT2D eigenvalue weighted by Gasteiger charge is 2.16. The normalized spacial score (nSPS) is 9.69. The van der Waals surface area contributed by atoms with E-state index in [9.17, 15) is 9.59 Å². The lowest BCUT2D eigenvalue weighted by molar-refractivity contribution is 0.0685. The molecule has 0 saturated carbocycles. The molecule has 0 aliphatic heterocycles. The van der Waals surface area contributed by atoms with Gasteiger partial charge < -0.3 is 9.84 Å². The minimum Gasteiger partial charge on any atom is -0.489 e. The van der Waals surface area contributed by atoms with Crippen LogP contribution < -0.4 is 10.3 Å². The summed E-state index contributed by atoms with van der Waals surface area (Å²) in [5.74, 6) is -1.54. The predicted octanol–water partition coefficient (Wildman–Crippen LogP) is -0.513. The minimum atomic E-state index is -1.28. The molecule has 1 rings (SSSR count). The molecule has 6 heteroatoms. The van der Waals surface area contributed by atoms with Crippen LogP contribution in [0.5, 0.6) is 5.75 Å². The van der Waals surface area contributed by atoms with Crippen molar-refractivity contribution < 1.29 is 14.6 Å². The zero-order valence-corrected chi connectivity index (χ0v) is 7.14. The molecule has 0 spiro atoms. The van der Waals surface area contributed by atoms with Crippen LogP contribution in [-0.4, -0.2) is 27.7 Å². The van der Waals surface area contributed by atoms with Crippen LogP contribution >= 0.6 is 0 Å². The first-order chi connectivity index (χ1) is 6.07. The number of carboxylic acid groups (broad SMARTS) is 1. The van der Waals surface area contributed by atoms with E-state index < -0.39 is 11.5 Å². The van der Waals surface area contributed by atoms with Crippen LogP contribution in [0, 0.1) is 0 Å². The van der Waals surface area contributed by atoms with Gasteiger partial charge in [-0.15, -0.1) is 0 Å². The van der Waals surface area contributed by atoms with E-state index in [1.807, 2.05) is 0 Å². The minimum absolute atomic E-state index is 0.252. The molecule has 1 N–H and O–H groups in total. The third-order valence-corrected chi connectivity index (χ3v) is 1.50. The van der Waals surface area contributed by atoms with Gasteiger partial charge in [0.1, 0.15) is 0 Å². The maximum absolute atomic E-state index is 11.3. The number of aromatic nitrogens is 2. The van der Waals surface area contributed by atoms with Crippen molar-refractivity contribution in [3.8, 4) is 5.75 Å². The average Bonchev–Trinajstić information content (AvgIpc) is 2.09. The number of nitrogens with zero attached hydrogens (tertiary/aromatic N) is 2. The summed E-state index contributed by atoms with van der Waals surface area (Å²) in [7, 11) is 2.69. The lowest BCUT2D eigenvalue weighted by Gasteiger charge is -2.03. The Kier molecular flexibility index (Phi) is 2.32. The zero-order chi connectivity index (χ0) is 10.0. The second kappa shape index (κ2) is 3.26.